The van der Waals surface area contributed by atoms with E-state index >= 15 is 0 Å². The molecule has 0 radical (unpaired) electrons. The van der Waals surface area contributed by atoms with Gasteiger partial charge in [-0.25, -0.2) is 14.5 Å². The molecule has 0 saturated carbocycles. The van der Waals surface area contributed by atoms with Crippen molar-refractivity contribution in [2.45, 2.75) is 25.0 Å². The van der Waals surface area contributed by atoms with Gasteiger partial charge in [0.15, 0.2) is 0 Å². The number of nitriles is 1. The third-order valence-corrected chi connectivity index (χ3v) is 6.76. The monoisotopic (exact) mass is 437 g/mol. The van der Waals surface area contributed by atoms with Crippen molar-refractivity contribution < 1.29 is 4.74 Å². The summed E-state index contributed by atoms with van der Waals surface area (Å²) < 4.78 is 6.90. The van der Waals surface area contributed by atoms with Crippen molar-refractivity contribution in [2.75, 3.05) is 25.1 Å². The van der Waals surface area contributed by atoms with Crippen LogP contribution in [0.1, 0.15) is 17.5 Å². The van der Waals surface area contributed by atoms with E-state index in [1.165, 1.54) is 12.0 Å². The van der Waals surface area contributed by atoms with Gasteiger partial charge >= 0.3 is 0 Å². The van der Waals surface area contributed by atoms with Crippen LogP contribution < -0.4 is 9.64 Å². The number of rotatable bonds is 5. The number of hydrogen-bond acceptors (Lipinski definition) is 7. The summed E-state index contributed by atoms with van der Waals surface area (Å²) in [6.07, 6.45) is 8.51. The van der Waals surface area contributed by atoms with Gasteiger partial charge in [0.05, 0.1) is 24.4 Å². The fraction of sp³-hybridized carbons (Fsp3) is 0.280. The minimum atomic E-state index is 0.533. The van der Waals surface area contributed by atoms with Crippen LogP contribution >= 0.6 is 0 Å². The van der Waals surface area contributed by atoms with Crippen LogP contribution in [0.5, 0.6) is 5.88 Å². The summed E-state index contributed by atoms with van der Waals surface area (Å²) in [4.78, 5) is 14.1. The summed E-state index contributed by atoms with van der Waals surface area (Å²) in [5.74, 6) is 1.65. The summed E-state index contributed by atoms with van der Waals surface area (Å²) in [6, 6.07) is 15.4. The van der Waals surface area contributed by atoms with E-state index in [-0.39, 0.29) is 0 Å². The number of aromatic nitrogens is 4. The Labute approximate surface area is 191 Å². The topological polar surface area (TPSA) is 82.6 Å². The van der Waals surface area contributed by atoms with Crippen LogP contribution in [-0.2, 0) is 6.54 Å². The Kier molecular flexibility index (Phi) is 4.70. The molecule has 3 saturated heterocycles. The number of anilines is 1. The zero-order chi connectivity index (χ0) is 22.4. The summed E-state index contributed by atoms with van der Waals surface area (Å²) in [5.41, 5.74) is 4.55. The number of fused-ring (bicyclic) bond motifs is 3. The lowest BCUT2D eigenvalue weighted by Gasteiger charge is -2.56. The van der Waals surface area contributed by atoms with Crippen LogP contribution in [0.15, 0.2) is 61.2 Å². The quantitative estimate of drug-likeness (QED) is 0.474. The lowest BCUT2D eigenvalue weighted by Crippen LogP contribution is -2.68. The van der Waals surface area contributed by atoms with Gasteiger partial charge in [0.1, 0.15) is 11.9 Å². The van der Waals surface area contributed by atoms with Crippen molar-refractivity contribution in [3.63, 3.8) is 0 Å². The number of methoxy groups -OCH3 is 1. The van der Waals surface area contributed by atoms with Gasteiger partial charge in [-0.3, -0.25) is 4.90 Å². The Morgan fingerprint density at radius 3 is 2.64 bits per heavy atom. The van der Waals surface area contributed by atoms with E-state index in [1.54, 1.807) is 17.8 Å². The number of piperazine rings is 1. The molecule has 0 N–H and O–H groups in total. The molecule has 0 spiro atoms. The van der Waals surface area contributed by atoms with Gasteiger partial charge in [0.25, 0.3) is 0 Å². The molecule has 164 valence electrons. The molecular formula is C25H23N7O. The average molecular weight is 438 g/mol. The van der Waals surface area contributed by atoms with Crippen LogP contribution in [0.25, 0.3) is 16.6 Å². The molecule has 0 aromatic carbocycles. The van der Waals surface area contributed by atoms with E-state index in [4.69, 9.17) is 9.72 Å². The highest BCUT2D eigenvalue weighted by Crippen LogP contribution is 2.36. The van der Waals surface area contributed by atoms with Gasteiger partial charge in [-0.05, 0) is 30.2 Å². The molecule has 33 heavy (non-hydrogen) atoms. The van der Waals surface area contributed by atoms with Crippen LogP contribution in [0.4, 0.5) is 5.82 Å². The van der Waals surface area contributed by atoms with E-state index in [0.717, 1.165) is 42.1 Å². The molecule has 4 aromatic rings. The van der Waals surface area contributed by atoms with Gasteiger partial charge in [-0.2, -0.15) is 10.4 Å². The first-order valence-corrected chi connectivity index (χ1v) is 11.1. The molecule has 0 aliphatic carbocycles. The van der Waals surface area contributed by atoms with Gasteiger partial charge in [-0.15, -0.1) is 0 Å². The van der Waals surface area contributed by atoms with E-state index < -0.39 is 0 Å². The number of nitrogens with zero attached hydrogens (tertiary/aromatic N) is 7. The molecular weight excluding hydrogens is 414 g/mol. The highest BCUT2D eigenvalue weighted by atomic mass is 16.5. The molecule has 7 heterocycles. The minimum Gasteiger partial charge on any atom is -0.481 e. The Morgan fingerprint density at radius 1 is 1.06 bits per heavy atom. The molecule has 2 unspecified atom stereocenters. The highest BCUT2D eigenvalue weighted by molar-refractivity contribution is 5.84. The number of ether oxygens (including phenoxy) is 1. The lowest BCUT2D eigenvalue weighted by atomic mass is 9.87. The molecule has 4 aromatic heterocycles. The zero-order valence-electron chi connectivity index (χ0n) is 18.3. The second-order valence-corrected chi connectivity index (χ2v) is 8.62. The predicted octanol–water partition coefficient (Wildman–Crippen LogP) is 3.13. The van der Waals surface area contributed by atoms with Crippen molar-refractivity contribution in [1.29, 1.82) is 5.26 Å². The summed E-state index contributed by atoms with van der Waals surface area (Å²) in [6.45, 7) is 2.87. The zero-order valence-corrected chi connectivity index (χ0v) is 18.3. The first-order chi connectivity index (χ1) is 16.2. The van der Waals surface area contributed by atoms with E-state index in [1.807, 2.05) is 36.8 Å². The molecule has 0 amide bonds. The first kappa shape index (κ1) is 19.7. The molecule has 3 fully saturated rings. The smallest absolute Gasteiger partial charge is 0.212 e. The molecule has 2 bridgehead atoms. The fourth-order valence-corrected chi connectivity index (χ4v) is 5.06. The summed E-state index contributed by atoms with van der Waals surface area (Å²) >= 11 is 0. The Morgan fingerprint density at radius 2 is 1.94 bits per heavy atom. The van der Waals surface area contributed by atoms with Crippen molar-refractivity contribution in [2.24, 2.45) is 0 Å². The predicted molar refractivity (Wildman–Crippen MR) is 124 cm³/mol. The van der Waals surface area contributed by atoms with Crippen molar-refractivity contribution in [3.8, 4) is 23.1 Å². The summed E-state index contributed by atoms with van der Waals surface area (Å²) in [5, 5.41) is 13.7. The first-order valence-electron chi connectivity index (χ1n) is 11.1. The van der Waals surface area contributed by atoms with E-state index in [0.29, 0.717) is 23.5 Å². The Balaban J connectivity index is 1.17. The number of pyridine rings is 3. The molecule has 8 heteroatoms. The molecule has 2 atom stereocenters. The number of piperidine rings is 1. The van der Waals surface area contributed by atoms with Gasteiger partial charge in [0, 0.05) is 67.5 Å². The second-order valence-electron chi connectivity index (χ2n) is 8.62. The maximum absolute atomic E-state index is 9.44. The lowest BCUT2D eigenvalue weighted by molar-refractivity contribution is -0.00876. The van der Waals surface area contributed by atoms with Crippen LogP contribution in [-0.4, -0.2) is 56.8 Å². The van der Waals surface area contributed by atoms with Crippen molar-refractivity contribution in [3.05, 3.63) is 72.3 Å². The fourth-order valence-electron chi connectivity index (χ4n) is 5.06. The van der Waals surface area contributed by atoms with Gasteiger partial charge < -0.3 is 9.64 Å². The summed E-state index contributed by atoms with van der Waals surface area (Å²) in [7, 11) is 1.64. The molecule has 3 aliphatic rings. The normalized spacial score (nSPS) is 19.8. The second kappa shape index (κ2) is 7.87. The SMILES string of the molecule is COc1ccc(CN2C3CC2CN(c2ccc(-c4cccn5ncc(C#N)c45)cn2)C3)cn1. The number of hydrogen-bond donors (Lipinski definition) is 0. The van der Waals surface area contributed by atoms with Crippen molar-refractivity contribution >= 4 is 11.3 Å². The Bertz CT molecular complexity index is 1330. The Hall–Kier alpha value is -3.96. The molecule has 7 rings (SSSR count). The maximum atomic E-state index is 9.44. The van der Waals surface area contributed by atoms with E-state index in [9.17, 15) is 5.26 Å². The third kappa shape index (κ3) is 3.38. The standard InChI is InChI=1S/C25H23N7O/c1-33-24-7-4-17(11-28-24)14-31-20-9-21(31)16-30(15-20)23-6-5-18(12-27-23)22-3-2-8-32-25(22)19(10-26)13-29-32/h2-8,11-13,20-21H,9,14-16H2,1H3. The average Bonchev–Trinajstić information content (AvgIpc) is 3.31. The van der Waals surface area contributed by atoms with Gasteiger partial charge in [0.2, 0.25) is 5.88 Å². The van der Waals surface area contributed by atoms with Crippen LogP contribution in [0, 0.1) is 11.3 Å². The third-order valence-electron chi connectivity index (χ3n) is 6.76. The van der Waals surface area contributed by atoms with Crippen molar-refractivity contribution in [1.82, 2.24) is 24.5 Å². The van der Waals surface area contributed by atoms with E-state index in [2.05, 4.69) is 44.2 Å². The van der Waals surface area contributed by atoms with Crippen LogP contribution in [0.2, 0.25) is 0 Å². The molecule has 3 aliphatic heterocycles. The maximum Gasteiger partial charge on any atom is 0.212 e. The van der Waals surface area contributed by atoms with Crippen LogP contribution in [0.3, 0.4) is 0 Å². The van der Waals surface area contributed by atoms with Gasteiger partial charge in [-0.1, -0.05) is 12.1 Å². The minimum absolute atomic E-state index is 0.533. The molecule has 8 nitrogen and oxygen atoms in total. The largest absolute Gasteiger partial charge is 0.481 e. The highest BCUT2D eigenvalue weighted by Gasteiger charge is 2.44.